The molecule has 0 heterocycles. The molecule has 0 spiro atoms. The number of nitrogens with one attached hydrogen (secondary N) is 1. The van der Waals surface area contributed by atoms with E-state index in [0.29, 0.717) is 15.7 Å². The molecule has 2 rings (SSSR count). The molecule has 1 atom stereocenters. The molecule has 0 aliphatic rings. The highest BCUT2D eigenvalue weighted by molar-refractivity contribution is 9.10. The van der Waals surface area contributed by atoms with Crippen LogP contribution in [0.4, 0.5) is 18.9 Å². The van der Waals surface area contributed by atoms with Gasteiger partial charge in [0.05, 0.1) is 4.47 Å². The van der Waals surface area contributed by atoms with Gasteiger partial charge in [-0.2, -0.15) is 0 Å². The van der Waals surface area contributed by atoms with Crippen LogP contribution in [-0.4, -0.2) is 0 Å². The van der Waals surface area contributed by atoms with Gasteiger partial charge < -0.3 is 5.32 Å². The lowest BCUT2D eigenvalue weighted by Crippen LogP contribution is -2.07. The number of rotatable bonds is 3. The molecule has 0 saturated heterocycles. The molecule has 19 heavy (non-hydrogen) atoms. The molecule has 2 aromatic rings. The second kappa shape index (κ2) is 5.65. The maximum atomic E-state index is 13.1. The van der Waals surface area contributed by atoms with Crippen molar-refractivity contribution in [1.82, 2.24) is 0 Å². The van der Waals surface area contributed by atoms with Crippen molar-refractivity contribution >= 4 is 21.6 Å². The molecule has 0 bridgehead atoms. The Morgan fingerprint density at radius 2 is 1.63 bits per heavy atom. The summed E-state index contributed by atoms with van der Waals surface area (Å²) in [4.78, 5) is 0. The fraction of sp³-hybridized carbons (Fsp3) is 0.143. The van der Waals surface area contributed by atoms with Crippen molar-refractivity contribution in [1.29, 1.82) is 0 Å². The second-order valence-electron chi connectivity index (χ2n) is 4.17. The fourth-order valence-corrected chi connectivity index (χ4v) is 2.08. The summed E-state index contributed by atoms with van der Waals surface area (Å²) < 4.78 is 39.4. The van der Waals surface area contributed by atoms with E-state index in [1.807, 2.05) is 6.92 Å². The van der Waals surface area contributed by atoms with Crippen molar-refractivity contribution in [3.05, 3.63) is 63.9 Å². The fourth-order valence-electron chi connectivity index (χ4n) is 1.70. The Labute approximate surface area is 117 Å². The topological polar surface area (TPSA) is 12.0 Å². The molecular formula is C14H11BrF3N. The Morgan fingerprint density at radius 3 is 2.26 bits per heavy atom. The minimum absolute atomic E-state index is 0.229. The van der Waals surface area contributed by atoms with Crippen molar-refractivity contribution < 1.29 is 13.2 Å². The summed E-state index contributed by atoms with van der Waals surface area (Å²) in [6.45, 7) is 1.81. The van der Waals surface area contributed by atoms with Crippen molar-refractivity contribution in [2.24, 2.45) is 0 Å². The molecule has 0 aliphatic heterocycles. The number of anilines is 1. The van der Waals surface area contributed by atoms with E-state index in [1.54, 1.807) is 12.1 Å². The van der Waals surface area contributed by atoms with Crippen molar-refractivity contribution in [3.8, 4) is 0 Å². The standard InChI is InChI=1S/C14H11BrF3N/c1-8(9-2-4-13(17)14(18)6-9)19-10-3-5-12(16)11(15)7-10/h2-8,19H,1H3. The summed E-state index contributed by atoms with van der Waals surface area (Å²) in [5.74, 6) is -2.11. The largest absolute Gasteiger partial charge is 0.378 e. The molecule has 0 aliphatic carbocycles. The highest BCUT2D eigenvalue weighted by atomic mass is 79.9. The lowest BCUT2D eigenvalue weighted by Gasteiger charge is -2.16. The normalized spacial score (nSPS) is 12.3. The van der Waals surface area contributed by atoms with Crippen LogP contribution in [0.2, 0.25) is 0 Å². The van der Waals surface area contributed by atoms with E-state index >= 15 is 0 Å². The van der Waals surface area contributed by atoms with Gasteiger partial charge in [0, 0.05) is 11.7 Å². The predicted molar refractivity (Wildman–Crippen MR) is 72.5 cm³/mol. The first-order valence-corrected chi connectivity index (χ1v) is 6.43. The van der Waals surface area contributed by atoms with Crippen LogP contribution in [0.5, 0.6) is 0 Å². The predicted octanol–water partition coefficient (Wildman–Crippen LogP) is 5.04. The van der Waals surface area contributed by atoms with Crippen LogP contribution in [0.3, 0.4) is 0 Å². The molecule has 100 valence electrons. The second-order valence-corrected chi connectivity index (χ2v) is 5.02. The minimum Gasteiger partial charge on any atom is -0.378 e. The summed E-state index contributed by atoms with van der Waals surface area (Å²) in [6.07, 6.45) is 0. The summed E-state index contributed by atoms with van der Waals surface area (Å²) in [7, 11) is 0. The maximum Gasteiger partial charge on any atom is 0.159 e. The van der Waals surface area contributed by atoms with Gasteiger partial charge in [-0.25, -0.2) is 13.2 Å². The van der Waals surface area contributed by atoms with Gasteiger partial charge in [0.1, 0.15) is 5.82 Å². The summed E-state index contributed by atoms with van der Waals surface area (Å²) in [6, 6.07) is 8.00. The Morgan fingerprint density at radius 1 is 0.947 bits per heavy atom. The third-order valence-electron chi connectivity index (χ3n) is 2.75. The first kappa shape index (κ1) is 13.9. The summed E-state index contributed by atoms with van der Waals surface area (Å²) in [5, 5.41) is 3.09. The third-order valence-corrected chi connectivity index (χ3v) is 3.35. The molecule has 1 nitrogen and oxygen atoms in total. The van der Waals surface area contributed by atoms with Gasteiger partial charge in [-0.05, 0) is 58.7 Å². The van der Waals surface area contributed by atoms with E-state index in [-0.39, 0.29) is 11.9 Å². The average molecular weight is 330 g/mol. The first-order chi connectivity index (χ1) is 8.97. The van der Waals surface area contributed by atoms with Crippen LogP contribution >= 0.6 is 15.9 Å². The van der Waals surface area contributed by atoms with E-state index in [2.05, 4.69) is 21.2 Å². The molecule has 1 N–H and O–H groups in total. The van der Waals surface area contributed by atoms with Gasteiger partial charge in [0.2, 0.25) is 0 Å². The Kier molecular flexibility index (Phi) is 4.14. The summed E-state index contributed by atoms with van der Waals surface area (Å²) >= 11 is 3.09. The molecule has 0 saturated carbocycles. The number of benzene rings is 2. The van der Waals surface area contributed by atoms with E-state index in [1.165, 1.54) is 12.1 Å². The first-order valence-electron chi connectivity index (χ1n) is 5.64. The monoisotopic (exact) mass is 329 g/mol. The average Bonchev–Trinajstić information content (AvgIpc) is 2.37. The lowest BCUT2D eigenvalue weighted by atomic mass is 10.1. The van der Waals surface area contributed by atoms with Gasteiger partial charge in [-0.1, -0.05) is 6.07 Å². The molecule has 0 amide bonds. The molecule has 0 fully saturated rings. The molecule has 1 unspecified atom stereocenters. The molecular weight excluding hydrogens is 319 g/mol. The highest BCUT2D eigenvalue weighted by Crippen LogP contribution is 2.24. The third kappa shape index (κ3) is 3.29. The molecule has 0 radical (unpaired) electrons. The van der Waals surface area contributed by atoms with Crippen LogP contribution in [0.1, 0.15) is 18.5 Å². The van der Waals surface area contributed by atoms with E-state index in [4.69, 9.17) is 0 Å². The Bertz CT molecular complexity index is 601. The van der Waals surface area contributed by atoms with Crippen LogP contribution in [0.25, 0.3) is 0 Å². The van der Waals surface area contributed by atoms with E-state index in [9.17, 15) is 13.2 Å². The van der Waals surface area contributed by atoms with Crippen molar-refractivity contribution in [3.63, 3.8) is 0 Å². The van der Waals surface area contributed by atoms with Gasteiger partial charge in [-0.15, -0.1) is 0 Å². The lowest BCUT2D eigenvalue weighted by molar-refractivity contribution is 0.506. The van der Waals surface area contributed by atoms with Crippen LogP contribution < -0.4 is 5.32 Å². The minimum atomic E-state index is -0.883. The number of hydrogen-bond donors (Lipinski definition) is 1. The smallest absolute Gasteiger partial charge is 0.159 e. The molecule has 5 heteroatoms. The molecule has 0 aromatic heterocycles. The van der Waals surface area contributed by atoms with Gasteiger partial charge in [-0.3, -0.25) is 0 Å². The van der Waals surface area contributed by atoms with E-state index < -0.39 is 11.6 Å². The highest BCUT2D eigenvalue weighted by Gasteiger charge is 2.10. The van der Waals surface area contributed by atoms with Crippen molar-refractivity contribution in [2.45, 2.75) is 13.0 Å². The van der Waals surface area contributed by atoms with Gasteiger partial charge in [0.15, 0.2) is 11.6 Å². The Hall–Kier alpha value is -1.49. The van der Waals surface area contributed by atoms with Crippen LogP contribution in [-0.2, 0) is 0 Å². The summed E-state index contributed by atoms with van der Waals surface area (Å²) in [5.41, 5.74) is 1.30. The van der Waals surface area contributed by atoms with Crippen molar-refractivity contribution in [2.75, 3.05) is 5.32 Å². The Balaban J connectivity index is 2.17. The SMILES string of the molecule is CC(Nc1ccc(F)c(Br)c1)c1ccc(F)c(F)c1. The van der Waals surface area contributed by atoms with Gasteiger partial charge in [0.25, 0.3) is 0 Å². The van der Waals surface area contributed by atoms with Crippen LogP contribution in [0, 0.1) is 17.5 Å². The van der Waals surface area contributed by atoms with E-state index in [0.717, 1.165) is 12.1 Å². The maximum absolute atomic E-state index is 13.1. The zero-order valence-corrected chi connectivity index (χ0v) is 11.6. The molecule has 2 aromatic carbocycles. The quantitative estimate of drug-likeness (QED) is 0.831. The zero-order chi connectivity index (χ0) is 14.0. The van der Waals surface area contributed by atoms with Crippen LogP contribution in [0.15, 0.2) is 40.9 Å². The number of hydrogen-bond acceptors (Lipinski definition) is 1. The van der Waals surface area contributed by atoms with Gasteiger partial charge >= 0.3 is 0 Å². The zero-order valence-electron chi connectivity index (χ0n) is 10.1. The number of halogens is 4.